The molecule has 3 heterocycles. The molecule has 0 saturated heterocycles. The zero-order valence-electron chi connectivity index (χ0n) is 13.7. The van der Waals surface area contributed by atoms with E-state index in [1.807, 2.05) is 14.0 Å². The van der Waals surface area contributed by atoms with Gasteiger partial charge in [0.1, 0.15) is 0 Å². The van der Waals surface area contributed by atoms with Gasteiger partial charge in [0.2, 0.25) is 5.89 Å². The lowest BCUT2D eigenvalue weighted by molar-refractivity contribution is 0.286. The number of nitrogens with zero attached hydrogens (tertiary/aromatic N) is 4. The largest absolute Gasteiger partial charge is 0.459 e. The summed E-state index contributed by atoms with van der Waals surface area (Å²) in [5.74, 6) is 1.61. The van der Waals surface area contributed by atoms with E-state index in [4.69, 9.17) is 8.83 Å². The quantitative estimate of drug-likeness (QED) is 0.721. The van der Waals surface area contributed by atoms with Gasteiger partial charge >= 0.3 is 0 Å². The molecule has 0 radical (unpaired) electrons. The molecule has 3 rings (SSSR count). The van der Waals surface area contributed by atoms with Crippen molar-refractivity contribution in [2.45, 2.75) is 33.2 Å². The molecule has 7 heteroatoms. The molecule has 0 atom stereocenters. The summed E-state index contributed by atoms with van der Waals surface area (Å²) in [6.45, 7) is 5.67. The molecule has 0 saturated carbocycles. The fourth-order valence-corrected chi connectivity index (χ4v) is 2.60. The molecule has 0 aliphatic rings. The molecule has 122 valence electrons. The van der Waals surface area contributed by atoms with E-state index in [0.717, 1.165) is 30.8 Å². The number of aromatic amines is 1. The average Bonchev–Trinajstić information content (AvgIpc) is 3.24. The molecule has 3 aromatic rings. The molecule has 0 aliphatic carbocycles. The summed E-state index contributed by atoms with van der Waals surface area (Å²) >= 11 is 0. The highest BCUT2D eigenvalue weighted by Crippen LogP contribution is 2.18. The Morgan fingerprint density at radius 2 is 2.13 bits per heavy atom. The van der Waals surface area contributed by atoms with Gasteiger partial charge in [-0.2, -0.15) is 5.10 Å². The van der Waals surface area contributed by atoms with Crippen molar-refractivity contribution in [3.05, 3.63) is 41.2 Å². The number of hydrogen-bond donors (Lipinski definition) is 1. The molecule has 23 heavy (non-hydrogen) atoms. The zero-order valence-corrected chi connectivity index (χ0v) is 13.7. The molecular formula is C16H21N5O2. The summed E-state index contributed by atoms with van der Waals surface area (Å²) in [4.78, 5) is 2.17. The second kappa shape index (κ2) is 6.78. The van der Waals surface area contributed by atoms with Gasteiger partial charge in [0.05, 0.1) is 18.5 Å². The predicted molar refractivity (Wildman–Crippen MR) is 84.7 cm³/mol. The molecule has 0 aromatic carbocycles. The van der Waals surface area contributed by atoms with Crippen LogP contribution in [0.3, 0.4) is 0 Å². The Kier molecular flexibility index (Phi) is 4.57. The van der Waals surface area contributed by atoms with E-state index in [-0.39, 0.29) is 0 Å². The smallest absolute Gasteiger partial charge is 0.283 e. The number of H-pyrrole nitrogens is 1. The highest BCUT2D eigenvalue weighted by molar-refractivity contribution is 5.42. The van der Waals surface area contributed by atoms with Gasteiger partial charge < -0.3 is 8.83 Å². The average molecular weight is 315 g/mol. The summed E-state index contributed by atoms with van der Waals surface area (Å²) in [6, 6.07) is 3.60. The van der Waals surface area contributed by atoms with Gasteiger partial charge in [-0.1, -0.05) is 0 Å². The number of nitrogens with one attached hydrogen (secondary N) is 1. The lowest BCUT2D eigenvalue weighted by Gasteiger charge is -2.13. The summed E-state index contributed by atoms with van der Waals surface area (Å²) in [6.07, 6.45) is 3.65. The van der Waals surface area contributed by atoms with Crippen molar-refractivity contribution in [1.82, 2.24) is 25.3 Å². The van der Waals surface area contributed by atoms with Crippen LogP contribution in [0.5, 0.6) is 0 Å². The van der Waals surface area contributed by atoms with Gasteiger partial charge in [0.15, 0.2) is 5.76 Å². The maximum absolute atomic E-state index is 5.62. The highest BCUT2D eigenvalue weighted by atomic mass is 16.4. The van der Waals surface area contributed by atoms with Crippen molar-refractivity contribution in [3.8, 4) is 11.7 Å². The Morgan fingerprint density at radius 3 is 2.83 bits per heavy atom. The number of aryl methyl sites for hydroxylation is 2. The number of aromatic nitrogens is 4. The first-order valence-corrected chi connectivity index (χ1v) is 7.68. The van der Waals surface area contributed by atoms with Gasteiger partial charge in [-0.05, 0) is 58.0 Å². The van der Waals surface area contributed by atoms with E-state index in [9.17, 15) is 0 Å². The monoisotopic (exact) mass is 315 g/mol. The van der Waals surface area contributed by atoms with E-state index in [0.29, 0.717) is 24.1 Å². The molecule has 0 unspecified atom stereocenters. The van der Waals surface area contributed by atoms with Crippen molar-refractivity contribution in [2.75, 3.05) is 13.6 Å². The third-order valence-electron chi connectivity index (χ3n) is 3.85. The number of hydrogen-bond acceptors (Lipinski definition) is 6. The van der Waals surface area contributed by atoms with Crippen LogP contribution in [-0.4, -0.2) is 38.9 Å². The van der Waals surface area contributed by atoms with Crippen LogP contribution in [-0.2, 0) is 13.0 Å². The van der Waals surface area contributed by atoms with Crippen LogP contribution in [0.15, 0.2) is 27.2 Å². The third kappa shape index (κ3) is 3.68. The lowest BCUT2D eigenvalue weighted by Crippen LogP contribution is -2.20. The maximum atomic E-state index is 5.62. The van der Waals surface area contributed by atoms with Gasteiger partial charge in [-0.15, -0.1) is 10.2 Å². The van der Waals surface area contributed by atoms with E-state index in [1.165, 1.54) is 5.56 Å². The van der Waals surface area contributed by atoms with E-state index in [1.54, 1.807) is 18.4 Å². The Labute approximate surface area is 134 Å². The van der Waals surface area contributed by atoms with Crippen molar-refractivity contribution < 1.29 is 8.83 Å². The first-order valence-electron chi connectivity index (χ1n) is 7.68. The first-order chi connectivity index (χ1) is 11.1. The molecule has 1 N–H and O–H groups in total. The summed E-state index contributed by atoms with van der Waals surface area (Å²) in [5.41, 5.74) is 3.56. The maximum Gasteiger partial charge on any atom is 0.283 e. The molecule has 0 aliphatic heterocycles. The minimum atomic E-state index is 0.419. The van der Waals surface area contributed by atoms with Crippen molar-refractivity contribution in [1.29, 1.82) is 0 Å². The number of furan rings is 1. The molecule has 7 nitrogen and oxygen atoms in total. The second-order valence-electron chi connectivity index (χ2n) is 5.73. The van der Waals surface area contributed by atoms with E-state index < -0.39 is 0 Å². The van der Waals surface area contributed by atoms with E-state index >= 15 is 0 Å². The highest BCUT2D eigenvalue weighted by Gasteiger charge is 2.13. The Balaban J connectivity index is 1.49. The lowest BCUT2D eigenvalue weighted by atomic mass is 10.1. The first kappa shape index (κ1) is 15.5. The molecule has 3 aromatic heterocycles. The molecule has 0 bridgehead atoms. The fourth-order valence-electron chi connectivity index (χ4n) is 2.60. The fraction of sp³-hybridized carbons (Fsp3) is 0.438. The molecule has 0 amide bonds. The van der Waals surface area contributed by atoms with Crippen LogP contribution in [0.4, 0.5) is 0 Å². The van der Waals surface area contributed by atoms with Crippen molar-refractivity contribution in [2.24, 2.45) is 0 Å². The van der Waals surface area contributed by atoms with Gasteiger partial charge in [-0.3, -0.25) is 10.00 Å². The normalized spacial score (nSPS) is 11.5. The van der Waals surface area contributed by atoms with Crippen LogP contribution in [0.1, 0.15) is 29.3 Å². The van der Waals surface area contributed by atoms with Crippen LogP contribution in [0, 0.1) is 13.8 Å². The third-order valence-corrected chi connectivity index (χ3v) is 3.85. The predicted octanol–water partition coefficient (Wildman–Crippen LogP) is 2.73. The van der Waals surface area contributed by atoms with Crippen LogP contribution in [0.2, 0.25) is 0 Å². The van der Waals surface area contributed by atoms with Crippen molar-refractivity contribution in [3.63, 3.8) is 0 Å². The van der Waals surface area contributed by atoms with Crippen LogP contribution in [0.25, 0.3) is 11.7 Å². The number of rotatable bonds is 7. The standard InChI is InChI=1S/C16H21N5O2/c1-11-13(12(2)18-17-11)6-4-8-21(3)10-15-19-20-16(23-15)14-7-5-9-22-14/h5,7,9H,4,6,8,10H2,1-3H3,(H,17,18). The minimum Gasteiger partial charge on any atom is -0.459 e. The van der Waals surface area contributed by atoms with Crippen LogP contribution < -0.4 is 0 Å². The minimum absolute atomic E-state index is 0.419. The summed E-state index contributed by atoms with van der Waals surface area (Å²) in [5, 5.41) is 15.3. The second-order valence-corrected chi connectivity index (χ2v) is 5.73. The van der Waals surface area contributed by atoms with Gasteiger partial charge in [0, 0.05) is 5.69 Å². The Bertz CT molecular complexity index is 725. The Hall–Kier alpha value is -2.41. The molecule has 0 spiro atoms. The van der Waals surface area contributed by atoms with Gasteiger partial charge in [0.25, 0.3) is 5.89 Å². The van der Waals surface area contributed by atoms with Crippen LogP contribution >= 0.6 is 0 Å². The van der Waals surface area contributed by atoms with Crippen molar-refractivity contribution >= 4 is 0 Å². The van der Waals surface area contributed by atoms with Gasteiger partial charge in [-0.25, -0.2) is 0 Å². The molecule has 0 fully saturated rings. The SMILES string of the molecule is Cc1n[nH]c(C)c1CCCN(C)Cc1nnc(-c2ccco2)o1. The Morgan fingerprint density at radius 1 is 1.26 bits per heavy atom. The summed E-state index contributed by atoms with van der Waals surface area (Å²) < 4.78 is 10.9. The topological polar surface area (TPSA) is 84.0 Å². The summed E-state index contributed by atoms with van der Waals surface area (Å²) in [7, 11) is 2.05. The van der Waals surface area contributed by atoms with E-state index in [2.05, 4.69) is 32.2 Å². The zero-order chi connectivity index (χ0) is 16.2. The molecular weight excluding hydrogens is 294 g/mol.